The van der Waals surface area contributed by atoms with Crippen molar-refractivity contribution in [2.45, 2.75) is 58.3 Å². The van der Waals surface area contributed by atoms with Crippen LogP contribution in [-0.4, -0.2) is 11.1 Å². The van der Waals surface area contributed by atoms with Crippen LogP contribution in [0, 0.1) is 0 Å². The lowest BCUT2D eigenvalue weighted by molar-refractivity contribution is -0.137. The molecule has 0 atom stereocenters. The molecule has 0 amide bonds. The van der Waals surface area contributed by atoms with Crippen molar-refractivity contribution < 1.29 is 9.90 Å². The Morgan fingerprint density at radius 3 is 2.11 bits per heavy atom. The van der Waals surface area contributed by atoms with Gasteiger partial charge in [0, 0.05) is 6.42 Å². The zero-order valence-electron chi connectivity index (χ0n) is 11.5. The summed E-state index contributed by atoms with van der Waals surface area (Å²) in [4.78, 5) is 10.3. The van der Waals surface area contributed by atoms with E-state index in [4.69, 9.17) is 5.11 Å². The molecule has 0 unspecified atom stereocenters. The number of aliphatic carboxylic acids is 1. The lowest BCUT2D eigenvalue weighted by atomic mass is 10.1. The average molecular weight is 250 g/mol. The van der Waals surface area contributed by atoms with E-state index in [1.165, 1.54) is 0 Å². The van der Waals surface area contributed by atoms with E-state index in [9.17, 15) is 4.79 Å². The summed E-state index contributed by atoms with van der Waals surface area (Å²) in [5.74, 6) is -0.687. The summed E-state index contributed by atoms with van der Waals surface area (Å²) in [5.41, 5.74) is 0. The van der Waals surface area contributed by atoms with Gasteiger partial charge in [-0.3, -0.25) is 4.79 Å². The summed E-state index contributed by atoms with van der Waals surface area (Å²) < 4.78 is 0. The van der Waals surface area contributed by atoms with E-state index in [2.05, 4.69) is 43.4 Å². The van der Waals surface area contributed by atoms with Crippen LogP contribution in [0.4, 0.5) is 0 Å². The van der Waals surface area contributed by atoms with E-state index in [0.29, 0.717) is 6.42 Å². The van der Waals surface area contributed by atoms with Crippen molar-refractivity contribution >= 4 is 5.97 Å². The van der Waals surface area contributed by atoms with Gasteiger partial charge in [-0.2, -0.15) is 0 Å². The Hall–Kier alpha value is -1.31. The van der Waals surface area contributed by atoms with Gasteiger partial charge in [-0.1, -0.05) is 49.8 Å². The molecule has 0 aliphatic carbocycles. The van der Waals surface area contributed by atoms with E-state index in [1.54, 1.807) is 0 Å². The molecule has 0 radical (unpaired) electrons. The molecule has 0 aliphatic rings. The Labute approximate surface area is 111 Å². The highest BCUT2D eigenvalue weighted by Gasteiger charge is 1.94. The largest absolute Gasteiger partial charge is 0.481 e. The van der Waals surface area contributed by atoms with Crippen LogP contribution >= 0.6 is 0 Å². The Bertz CT molecular complexity index is 275. The van der Waals surface area contributed by atoms with Crippen molar-refractivity contribution in [2.24, 2.45) is 0 Å². The average Bonchev–Trinajstić information content (AvgIpc) is 2.34. The molecule has 0 aliphatic heterocycles. The van der Waals surface area contributed by atoms with E-state index >= 15 is 0 Å². The first-order valence-corrected chi connectivity index (χ1v) is 6.94. The topological polar surface area (TPSA) is 37.3 Å². The standard InChI is InChI=1S/C16H26O2/c1-2-3-4-5-6-7-8-9-10-11-12-13-14-15-16(17)18/h3-4,6-7,9-10H,2,5,8,11-15H2,1H3,(H,17,18)/b4-3?,7-6-,10-9-. The van der Waals surface area contributed by atoms with Crippen molar-refractivity contribution in [1.82, 2.24) is 0 Å². The maximum absolute atomic E-state index is 10.3. The SMILES string of the molecule is CCC=CC/C=C\C/C=C\CCCCCC(=O)O. The quantitative estimate of drug-likeness (QED) is 0.419. The minimum atomic E-state index is -0.687. The molecule has 18 heavy (non-hydrogen) atoms. The highest BCUT2D eigenvalue weighted by molar-refractivity contribution is 5.66. The van der Waals surface area contributed by atoms with Gasteiger partial charge in [-0.15, -0.1) is 0 Å². The maximum atomic E-state index is 10.3. The Balaban J connectivity index is 3.27. The highest BCUT2D eigenvalue weighted by atomic mass is 16.4. The van der Waals surface area contributed by atoms with Gasteiger partial charge >= 0.3 is 5.97 Å². The molecule has 0 aromatic heterocycles. The molecule has 0 heterocycles. The molecule has 0 fully saturated rings. The molecule has 0 aromatic carbocycles. The second kappa shape index (κ2) is 13.8. The molecule has 102 valence electrons. The van der Waals surface area contributed by atoms with Crippen molar-refractivity contribution in [3.63, 3.8) is 0 Å². The van der Waals surface area contributed by atoms with Crippen LogP contribution in [-0.2, 0) is 4.79 Å². The molecule has 2 nitrogen and oxygen atoms in total. The lowest BCUT2D eigenvalue weighted by Gasteiger charge is -1.94. The van der Waals surface area contributed by atoms with Crippen LogP contribution < -0.4 is 0 Å². The van der Waals surface area contributed by atoms with E-state index < -0.39 is 5.97 Å². The number of allylic oxidation sites excluding steroid dienone is 6. The van der Waals surface area contributed by atoms with Crippen molar-refractivity contribution in [1.29, 1.82) is 0 Å². The van der Waals surface area contributed by atoms with Gasteiger partial charge in [-0.05, 0) is 38.5 Å². The second-order valence-electron chi connectivity index (χ2n) is 4.29. The summed E-state index contributed by atoms with van der Waals surface area (Å²) in [6.45, 7) is 2.14. The molecule has 0 spiro atoms. The van der Waals surface area contributed by atoms with Gasteiger partial charge in [0.1, 0.15) is 0 Å². The fraction of sp³-hybridized carbons (Fsp3) is 0.562. The molecule has 0 aromatic rings. The van der Waals surface area contributed by atoms with Gasteiger partial charge in [0.05, 0.1) is 0 Å². The third kappa shape index (κ3) is 14.7. The first-order valence-electron chi connectivity index (χ1n) is 6.94. The monoisotopic (exact) mass is 250 g/mol. The molecular weight excluding hydrogens is 224 g/mol. The molecule has 0 bridgehead atoms. The number of hydrogen-bond donors (Lipinski definition) is 1. The number of rotatable bonds is 11. The Kier molecular flexibility index (Phi) is 12.8. The fourth-order valence-electron chi connectivity index (χ4n) is 1.54. The van der Waals surface area contributed by atoms with Gasteiger partial charge < -0.3 is 5.11 Å². The number of carboxylic acids is 1. The van der Waals surface area contributed by atoms with Crippen molar-refractivity contribution in [3.05, 3.63) is 36.5 Å². The normalized spacial score (nSPS) is 12.1. The van der Waals surface area contributed by atoms with E-state index in [1.807, 2.05) is 0 Å². The third-order valence-corrected chi connectivity index (χ3v) is 2.54. The first-order chi connectivity index (χ1) is 8.77. The number of carboxylic acid groups (broad SMARTS) is 1. The Morgan fingerprint density at radius 1 is 0.889 bits per heavy atom. The van der Waals surface area contributed by atoms with Crippen molar-refractivity contribution in [2.75, 3.05) is 0 Å². The fourth-order valence-corrected chi connectivity index (χ4v) is 1.54. The first kappa shape index (κ1) is 16.7. The van der Waals surface area contributed by atoms with Gasteiger partial charge in [-0.25, -0.2) is 0 Å². The summed E-state index contributed by atoms with van der Waals surface area (Å²) in [6, 6.07) is 0. The smallest absolute Gasteiger partial charge is 0.303 e. The zero-order valence-corrected chi connectivity index (χ0v) is 11.5. The van der Waals surface area contributed by atoms with E-state index in [-0.39, 0.29) is 0 Å². The zero-order chi connectivity index (χ0) is 13.5. The number of unbranched alkanes of at least 4 members (excludes halogenated alkanes) is 3. The minimum absolute atomic E-state index is 0.303. The molecule has 0 saturated carbocycles. The van der Waals surface area contributed by atoms with E-state index in [0.717, 1.165) is 44.9 Å². The number of carbonyl (C=O) groups is 1. The molecule has 1 N–H and O–H groups in total. The van der Waals surface area contributed by atoms with Crippen molar-refractivity contribution in [3.8, 4) is 0 Å². The second-order valence-corrected chi connectivity index (χ2v) is 4.29. The summed E-state index contributed by atoms with van der Waals surface area (Å²) in [7, 11) is 0. The van der Waals surface area contributed by atoms with Crippen LogP contribution in [0.3, 0.4) is 0 Å². The molecule has 2 heteroatoms. The van der Waals surface area contributed by atoms with Crippen LogP contribution in [0.2, 0.25) is 0 Å². The molecule has 0 saturated heterocycles. The van der Waals surface area contributed by atoms with Crippen LogP contribution in [0.25, 0.3) is 0 Å². The predicted octanol–water partition coefficient (Wildman–Crippen LogP) is 4.88. The van der Waals surface area contributed by atoms with Crippen LogP contribution in [0.5, 0.6) is 0 Å². The van der Waals surface area contributed by atoms with Gasteiger partial charge in [0.2, 0.25) is 0 Å². The summed E-state index contributed by atoms with van der Waals surface area (Å²) in [6.07, 6.45) is 20.5. The molecular formula is C16H26O2. The van der Waals surface area contributed by atoms with Crippen LogP contribution in [0.1, 0.15) is 58.3 Å². The number of hydrogen-bond acceptors (Lipinski definition) is 1. The highest BCUT2D eigenvalue weighted by Crippen LogP contribution is 2.04. The molecule has 0 rings (SSSR count). The Morgan fingerprint density at radius 2 is 1.50 bits per heavy atom. The third-order valence-electron chi connectivity index (χ3n) is 2.54. The lowest BCUT2D eigenvalue weighted by Crippen LogP contribution is -1.93. The minimum Gasteiger partial charge on any atom is -0.481 e. The summed E-state index contributed by atoms with van der Waals surface area (Å²) >= 11 is 0. The summed E-state index contributed by atoms with van der Waals surface area (Å²) in [5, 5.41) is 8.46. The van der Waals surface area contributed by atoms with Gasteiger partial charge in [0.15, 0.2) is 0 Å². The van der Waals surface area contributed by atoms with Gasteiger partial charge in [0.25, 0.3) is 0 Å². The maximum Gasteiger partial charge on any atom is 0.303 e. The van der Waals surface area contributed by atoms with Crippen LogP contribution in [0.15, 0.2) is 36.5 Å². The predicted molar refractivity (Wildman–Crippen MR) is 77.7 cm³/mol.